The van der Waals surface area contributed by atoms with Gasteiger partial charge in [-0.1, -0.05) is 12.1 Å². The molecular weight excluding hydrogens is 273 g/mol. The van der Waals surface area contributed by atoms with E-state index in [-0.39, 0.29) is 0 Å². The first kappa shape index (κ1) is 14.5. The minimum atomic E-state index is -4.41. The number of alkyl halides is 3. The third kappa shape index (κ3) is 4.04. The second-order valence-electron chi connectivity index (χ2n) is 4.50. The highest BCUT2D eigenvalue weighted by Crippen LogP contribution is 2.31. The van der Waals surface area contributed by atoms with Gasteiger partial charge in [-0.25, -0.2) is 0 Å². The maximum atomic E-state index is 11.9. The standard InChI is InChI=1S/C13H15F3N2O2/c14-13(15,16)8-18-11(19)7-20-10-5-1-3-9-4-2-6-17-12(9)10/h1,3,5,17H,2,4,6-8H2,(H,18,19). The molecule has 0 spiro atoms. The maximum absolute atomic E-state index is 11.9. The summed E-state index contributed by atoms with van der Waals surface area (Å²) in [6.07, 6.45) is -2.48. The molecule has 0 bridgehead atoms. The molecule has 2 rings (SSSR count). The number of ether oxygens (including phenoxy) is 1. The first-order valence-corrected chi connectivity index (χ1v) is 6.28. The number of hydrogen-bond donors (Lipinski definition) is 2. The summed E-state index contributed by atoms with van der Waals surface area (Å²) in [7, 11) is 0. The zero-order chi connectivity index (χ0) is 14.6. The van der Waals surface area contributed by atoms with Gasteiger partial charge in [0.05, 0.1) is 5.69 Å². The van der Waals surface area contributed by atoms with Gasteiger partial charge in [-0.3, -0.25) is 4.79 Å². The smallest absolute Gasteiger partial charge is 0.405 e. The molecule has 1 aliphatic rings. The first-order chi connectivity index (χ1) is 9.46. The fourth-order valence-electron chi connectivity index (χ4n) is 1.99. The lowest BCUT2D eigenvalue weighted by Gasteiger charge is -2.21. The van der Waals surface area contributed by atoms with E-state index in [1.165, 1.54) is 0 Å². The van der Waals surface area contributed by atoms with Gasteiger partial charge in [0.1, 0.15) is 12.3 Å². The normalized spacial score (nSPS) is 14.2. The average Bonchev–Trinajstić information content (AvgIpc) is 2.42. The Morgan fingerprint density at radius 2 is 2.20 bits per heavy atom. The van der Waals surface area contributed by atoms with E-state index in [1.54, 1.807) is 17.4 Å². The Balaban J connectivity index is 1.89. The number of para-hydroxylation sites is 1. The van der Waals surface area contributed by atoms with Crippen LogP contribution in [0.2, 0.25) is 0 Å². The predicted molar refractivity (Wildman–Crippen MR) is 67.8 cm³/mol. The Bertz CT molecular complexity index is 489. The number of anilines is 1. The Labute approximate surface area is 114 Å². The Morgan fingerprint density at radius 3 is 2.95 bits per heavy atom. The van der Waals surface area contributed by atoms with Crippen molar-refractivity contribution in [3.05, 3.63) is 23.8 Å². The van der Waals surface area contributed by atoms with Crippen molar-refractivity contribution in [2.45, 2.75) is 19.0 Å². The summed E-state index contributed by atoms with van der Waals surface area (Å²) >= 11 is 0. The van der Waals surface area contributed by atoms with Gasteiger partial charge in [0.25, 0.3) is 5.91 Å². The Kier molecular flexibility index (Phi) is 4.36. The highest BCUT2D eigenvalue weighted by Gasteiger charge is 2.27. The van der Waals surface area contributed by atoms with Gasteiger partial charge >= 0.3 is 6.18 Å². The molecule has 0 saturated heterocycles. The van der Waals surface area contributed by atoms with E-state index in [2.05, 4.69) is 5.32 Å². The Hall–Kier alpha value is -1.92. The van der Waals surface area contributed by atoms with E-state index in [4.69, 9.17) is 4.74 Å². The Morgan fingerprint density at radius 1 is 1.40 bits per heavy atom. The number of hydrogen-bond acceptors (Lipinski definition) is 3. The van der Waals surface area contributed by atoms with Gasteiger partial charge in [0, 0.05) is 6.54 Å². The number of nitrogens with one attached hydrogen (secondary N) is 2. The monoisotopic (exact) mass is 288 g/mol. The molecule has 4 nitrogen and oxygen atoms in total. The SMILES string of the molecule is O=C(COc1cccc2c1NCCC2)NCC(F)(F)F. The molecule has 110 valence electrons. The molecule has 0 unspecified atom stereocenters. The third-order valence-corrected chi connectivity index (χ3v) is 2.88. The van der Waals surface area contributed by atoms with E-state index in [1.807, 2.05) is 6.07 Å². The van der Waals surface area contributed by atoms with Crippen LogP contribution < -0.4 is 15.4 Å². The number of halogens is 3. The van der Waals surface area contributed by atoms with Crippen LogP contribution in [0.4, 0.5) is 18.9 Å². The molecule has 1 aromatic rings. The number of carbonyl (C=O) groups is 1. The van der Waals surface area contributed by atoms with Crippen molar-refractivity contribution in [3.63, 3.8) is 0 Å². The molecule has 0 aliphatic carbocycles. The molecule has 0 radical (unpaired) electrons. The van der Waals surface area contributed by atoms with Crippen LogP contribution in [0.5, 0.6) is 5.75 Å². The van der Waals surface area contributed by atoms with Gasteiger partial charge in [0.15, 0.2) is 6.61 Å². The zero-order valence-corrected chi connectivity index (χ0v) is 10.7. The predicted octanol–water partition coefficient (Wildman–Crippen LogP) is 2.10. The van der Waals surface area contributed by atoms with Crippen molar-refractivity contribution >= 4 is 11.6 Å². The van der Waals surface area contributed by atoms with Crippen LogP contribution in [0.3, 0.4) is 0 Å². The van der Waals surface area contributed by atoms with Gasteiger partial charge < -0.3 is 15.4 Å². The highest BCUT2D eigenvalue weighted by atomic mass is 19.4. The highest BCUT2D eigenvalue weighted by molar-refractivity contribution is 5.78. The van der Waals surface area contributed by atoms with Gasteiger partial charge in [-0.2, -0.15) is 13.2 Å². The molecule has 2 N–H and O–H groups in total. The van der Waals surface area contributed by atoms with Crippen LogP contribution in [0.15, 0.2) is 18.2 Å². The quantitative estimate of drug-likeness (QED) is 0.892. The van der Waals surface area contributed by atoms with Crippen LogP contribution in [0.25, 0.3) is 0 Å². The van der Waals surface area contributed by atoms with E-state index < -0.39 is 25.2 Å². The molecule has 7 heteroatoms. The number of aryl methyl sites for hydroxylation is 1. The molecule has 20 heavy (non-hydrogen) atoms. The van der Waals surface area contributed by atoms with Crippen molar-refractivity contribution in [2.75, 3.05) is 25.0 Å². The van der Waals surface area contributed by atoms with E-state index in [9.17, 15) is 18.0 Å². The summed E-state index contributed by atoms with van der Waals surface area (Å²) in [5.74, 6) is -0.305. The lowest BCUT2D eigenvalue weighted by Crippen LogP contribution is -2.36. The van der Waals surface area contributed by atoms with Gasteiger partial charge in [-0.05, 0) is 24.5 Å². The van der Waals surface area contributed by atoms with Crippen LogP contribution in [0, 0.1) is 0 Å². The number of carbonyl (C=O) groups excluding carboxylic acids is 1. The van der Waals surface area contributed by atoms with E-state index in [0.29, 0.717) is 5.75 Å². The fourth-order valence-corrected chi connectivity index (χ4v) is 1.99. The number of fused-ring (bicyclic) bond motifs is 1. The third-order valence-electron chi connectivity index (χ3n) is 2.88. The first-order valence-electron chi connectivity index (χ1n) is 6.28. The van der Waals surface area contributed by atoms with Gasteiger partial charge in [0.2, 0.25) is 0 Å². The largest absolute Gasteiger partial charge is 0.482 e. The van der Waals surface area contributed by atoms with Crippen molar-refractivity contribution in [1.29, 1.82) is 0 Å². The van der Waals surface area contributed by atoms with Crippen molar-refractivity contribution in [3.8, 4) is 5.75 Å². The van der Waals surface area contributed by atoms with Crippen molar-refractivity contribution in [2.24, 2.45) is 0 Å². The lowest BCUT2D eigenvalue weighted by atomic mass is 10.0. The molecule has 1 amide bonds. The molecule has 1 heterocycles. The molecule has 0 aromatic heterocycles. The van der Waals surface area contributed by atoms with E-state index >= 15 is 0 Å². The summed E-state index contributed by atoms with van der Waals surface area (Å²) in [6.45, 7) is -0.970. The average molecular weight is 288 g/mol. The molecule has 0 atom stereocenters. The number of rotatable bonds is 4. The summed E-state index contributed by atoms with van der Waals surface area (Å²) in [5.41, 5.74) is 1.91. The summed E-state index contributed by atoms with van der Waals surface area (Å²) < 4.78 is 41.1. The molecule has 0 saturated carbocycles. The van der Waals surface area contributed by atoms with Crippen molar-refractivity contribution in [1.82, 2.24) is 5.32 Å². The van der Waals surface area contributed by atoms with Crippen LogP contribution in [-0.4, -0.2) is 31.8 Å². The number of amides is 1. The number of benzene rings is 1. The van der Waals surface area contributed by atoms with Crippen LogP contribution in [0.1, 0.15) is 12.0 Å². The fraction of sp³-hybridized carbons (Fsp3) is 0.462. The summed E-state index contributed by atoms with van der Waals surface area (Å²) in [5, 5.41) is 4.94. The second kappa shape index (κ2) is 6.02. The lowest BCUT2D eigenvalue weighted by molar-refractivity contribution is -0.139. The molecule has 0 fully saturated rings. The second-order valence-corrected chi connectivity index (χ2v) is 4.50. The molecular formula is C13H15F3N2O2. The minimum Gasteiger partial charge on any atom is -0.482 e. The maximum Gasteiger partial charge on any atom is 0.405 e. The van der Waals surface area contributed by atoms with Crippen molar-refractivity contribution < 1.29 is 22.7 Å². The zero-order valence-electron chi connectivity index (χ0n) is 10.7. The topological polar surface area (TPSA) is 50.4 Å². The summed E-state index contributed by atoms with van der Waals surface area (Å²) in [6, 6.07) is 5.45. The van der Waals surface area contributed by atoms with Crippen LogP contribution >= 0.6 is 0 Å². The van der Waals surface area contributed by atoms with E-state index in [0.717, 1.165) is 30.6 Å². The summed E-state index contributed by atoms with van der Waals surface area (Å²) in [4.78, 5) is 11.3. The molecule has 1 aromatic carbocycles. The minimum absolute atomic E-state index is 0.436. The molecule has 1 aliphatic heterocycles. The van der Waals surface area contributed by atoms with Gasteiger partial charge in [-0.15, -0.1) is 0 Å². The van der Waals surface area contributed by atoms with Crippen LogP contribution in [-0.2, 0) is 11.2 Å².